The highest BCUT2D eigenvalue weighted by molar-refractivity contribution is 4.98. The molecule has 0 saturated carbocycles. The van der Waals surface area contributed by atoms with Crippen molar-refractivity contribution < 1.29 is 4.74 Å². The maximum atomic E-state index is 5.20. The van der Waals surface area contributed by atoms with E-state index in [1.54, 1.807) is 0 Å². The summed E-state index contributed by atoms with van der Waals surface area (Å²) in [4.78, 5) is 0. The third-order valence-electron chi connectivity index (χ3n) is 3.05. The van der Waals surface area contributed by atoms with Crippen molar-refractivity contribution in [2.75, 3.05) is 6.61 Å². The summed E-state index contributed by atoms with van der Waals surface area (Å²) in [6.45, 7) is 4.33. The summed E-state index contributed by atoms with van der Waals surface area (Å²) < 4.78 is 7.42. The molecule has 0 aromatic carbocycles. The lowest BCUT2D eigenvalue weighted by molar-refractivity contribution is 0.392. The monoisotopic (exact) mass is 219 g/mol. The van der Waals surface area contributed by atoms with Crippen LogP contribution >= 0.6 is 0 Å². The number of hydrogen-bond donors (Lipinski definition) is 0. The van der Waals surface area contributed by atoms with Gasteiger partial charge in [0.2, 0.25) is 0 Å². The first-order valence-corrected chi connectivity index (χ1v) is 6.22. The summed E-state index contributed by atoms with van der Waals surface area (Å²) in [5, 5.41) is 0. The molecule has 1 aliphatic rings. The molecule has 2 nitrogen and oxygen atoms in total. The van der Waals surface area contributed by atoms with Crippen LogP contribution in [-0.4, -0.2) is 17.3 Å². The summed E-state index contributed by atoms with van der Waals surface area (Å²) >= 11 is 0. The van der Waals surface area contributed by atoms with Gasteiger partial charge in [-0.1, -0.05) is 11.6 Å². The van der Waals surface area contributed by atoms with E-state index in [9.17, 15) is 0 Å². The van der Waals surface area contributed by atoms with Crippen LogP contribution in [0, 0.1) is 0 Å². The summed E-state index contributed by atoms with van der Waals surface area (Å²) in [6.07, 6.45) is 12.1. The van der Waals surface area contributed by atoms with Crippen molar-refractivity contribution in [3.8, 4) is 0 Å². The first kappa shape index (κ1) is 11.5. The van der Waals surface area contributed by atoms with Crippen LogP contribution in [-0.2, 0) is 11.3 Å². The Balaban J connectivity index is 1.58. The Labute approximate surface area is 97.9 Å². The molecule has 2 heteroatoms. The van der Waals surface area contributed by atoms with Gasteiger partial charge in [0.05, 0.1) is 12.7 Å². The van der Waals surface area contributed by atoms with Gasteiger partial charge in [0.15, 0.2) is 0 Å². The van der Waals surface area contributed by atoms with E-state index in [1.807, 2.05) is 0 Å². The molecular weight excluding hydrogens is 198 g/mol. The largest absolute Gasteiger partial charge is 0.373 e. The minimum Gasteiger partial charge on any atom is -0.373 e. The Morgan fingerprint density at radius 1 is 1.44 bits per heavy atom. The maximum Gasteiger partial charge on any atom is 0.0810 e. The van der Waals surface area contributed by atoms with Crippen molar-refractivity contribution in [1.29, 1.82) is 0 Å². The van der Waals surface area contributed by atoms with E-state index in [0.29, 0.717) is 6.10 Å². The standard InChI is InChI=1S/C14H21NO/c1-13(6-4-8-14-12-16-14)7-5-11-15-9-2-3-10-15/h2-3,7,9-10,14H,4-6,8,11-12H2,1H3/b13-7+. The predicted octanol–water partition coefficient (Wildman–Crippen LogP) is 3.39. The van der Waals surface area contributed by atoms with Crippen LogP contribution in [0.5, 0.6) is 0 Å². The summed E-state index contributed by atoms with van der Waals surface area (Å²) in [5.74, 6) is 0. The molecule has 0 radical (unpaired) electrons. The Kier molecular flexibility index (Phi) is 4.23. The molecular formula is C14H21NO. The molecule has 1 atom stereocenters. The Morgan fingerprint density at radius 2 is 2.19 bits per heavy atom. The van der Waals surface area contributed by atoms with Gasteiger partial charge >= 0.3 is 0 Å². The zero-order valence-corrected chi connectivity index (χ0v) is 10.1. The first-order valence-electron chi connectivity index (χ1n) is 6.22. The fourth-order valence-corrected chi connectivity index (χ4v) is 1.92. The van der Waals surface area contributed by atoms with Gasteiger partial charge in [0.25, 0.3) is 0 Å². The van der Waals surface area contributed by atoms with E-state index in [1.165, 1.54) is 24.8 Å². The molecule has 88 valence electrons. The molecule has 16 heavy (non-hydrogen) atoms. The van der Waals surface area contributed by atoms with Gasteiger partial charge < -0.3 is 9.30 Å². The molecule has 2 rings (SSSR count). The summed E-state index contributed by atoms with van der Waals surface area (Å²) in [5.41, 5.74) is 1.52. The van der Waals surface area contributed by atoms with Gasteiger partial charge in [0, 0.05) is 18.9 Å². The van der Waals surface area contributed by atoms with Crippen molar-refractivity contribution in [2.45, 2.75) is 45.3 Å². The van der Waals surface area contributed by atoms with E-state index in [4.69, 9.17) is 4.74 Å². The van der Waals surface area contributed by atoms with Crippen LogP contribution < -0.4 is 0 Å². The van der Waals surface area contributed by atoms with Gasteiger partial charge in [-0.2, -0.15) is 0 Å². The lowest BCUT2D eigenvalue weighted by Crippen LogP contribution is -1.92. The van der Waals surface area contributed by atoms with E-state index in [0.717, 1.165) is 19.6 Å². The van der Waals surface area contributed by atoms with Gasteiger partial charge in [-0.25, -0.2) is 0 Å². The summed E-state index contributed by atoms with van der Waals surface area (Å²) in [7, 11) is 0. The fraction of sp³-hybridized carbons (Fsp3) is 0.571. The Bertz CT molecular complexity index is 323. The van der Waals surface area contributed by atoms with Crippen molar-refractivity contribution in [1.82, 2.24) is 4.57 Å². The fourth-order valence-electron chi connectivity index (χ4n) is 1.92. The molecule has 1 aromatic rings. The molecule has 0 bridgehead atoms. The number of aromatic nitrogens is 1. The summed E-state index contributed by atoms with van der Waals surface area (Å²) in [6, 6.07) is 4.15. The average Bonchev–Trinajstić information content (AvgIpc) is 2.94. The quantitative estimate of drug-likeness (QED) is 0.507. The van der Waals surface area contributed by atoms with Crippen LogP contribution in [0.2, 0.25) is 0 Å². The molecule has 1 aliphatic heterocycles. The second-order valence-corrected chi connectivity index (χ2v) is 4.61. The molecule has 0 spiro atoms. The van der Waals surface area contributed by atoms with Gasteiger partial charge in [-0.15, -0.1) is 0 Å². The molecule has 0 amide bonds. The average molecular weight is 219 g/mol. The Morgan fingerprint density at radius 3 is 2.88 bits per heavy atom. The van der Waals surface area contributed by atoms with E-state index < -0.39 is 0 Å². The highest BCUT2D eigenvalue weighted by Gasteiger charge is 2.20. The zero-order valence-electron chi connectivity index (χ0n) is 10.1. The third-order valence-corrected chi connectivity index (χ3v) is 3.05. The third kappa shape index (κ3) is 4.23. The lowest BCUT2D eigenvalue weighted by Gasteiger charge is -2.02. The van der Waals surface area contributed by atoms with Gasteiger partial charge in [-0.05, 0) is 44.7 Å². The number of nitrogens with zero attached hydrogens (tertiary/aromatic N) is 1. The lowest BCUT2D eigenvalue weighted by atomic mass is 10.1. The van der Waals surface area contributed by atoms with Crippen LogP contribution in [0.1, 0.15) is 32.6 Å². The number of hydrogen-bond acceptors (Lipinski definition) is 1. The topological polar surface area (TPSA) is 17.5 Å². The van der Waals surface area contributed by atoms with Crippen molar-refractivity contribution >= 4 is 0 Å². The molecule has 1 aromatic heterocycles. The van der Waals surface area contributed by atoms with E-state index in [-0.39, 0.29) is 0 Å². The van der Waals surface area contributed by atoms with Crippen LogP contribution in [0.25, 0.3) is 0 Å². The van der Waals surface area contributed by atoms with E-state index >= 15 is 0 Å². The number of rotatable bonds is 7. The predicted molar refractivity (Wildman–Crippen MR) is 66.4 cm³/mol. The van der Waals surface area contributed by atoms with Crippen LogP contribution in [0.3, 0.4) is 0 Å². The molecule has 1 fully saturated rings. The highest BCUT2D eigenvalue weighted by atomic mass is 16.6. The molecule has 0 aliphatic carbocycles. The first-order chi connectivity index (χ1) is 7.84. The second-order valence-electron chi connectivity index (χ2n) is 4.61. The molecule has 1 saturated heterocycles. The smallest absolute Gasteiger partial charge is 0.0810 e. The van der Waals surface area contributed by atoms with E-state index in [2.05, 4.69) is 42.1 Å². The van der Waals surface area contributed by atoms with Crippen molar-refractivity contribution in [3.05, 3.63) is 36.2 Å². The van der Waals surface area contributed by atoms with Crippen LogP contribution in [0.15, 0.2) is 36.2 Å². The number of aryl methyl sites for hydroxylation is 1. The van der Waals surface area contributed by atoms with Gasteiger partial charge in [-0.3, -0.25) is 0 Å². The van der Waals surface area contributed by atoms with Crippen molar-refractivity contribution in [2.24, 2.45) is 0 Å². The minimum absolute atomic E-state index is 0.590. The van der Waals surface area contributed by atoms with Gasteiger partial charge in [0.1, 0.15) is 0 Å². The Hall–Kier alpha value is -1.02. The minimum atomic E-state index is 0.590. The van der Waals surface area contributed by atoms with Crippen LogP contribution in [0.4, 0.5) is 0 Å². The molecule has 0 N–H and O–H groups in total. The number of epoxide rings is 1. The maximum absolute atomic E-state index is 5.20. The zero-order chi connectivity index (χ0) is 11.2. The second kappa shape index (κ2) is 5.90. The highest BCUT2D eigenvalue weighted by Crippen LogP contribution is 2.18. The molecule has 1 unspecified atom stereocenters. The number of allylic oxidation sites excluding steroid dienone is 2. The number of ether oxygens (including phenoxy) is 1. The SMILES string of the molecule is C/C(=C\CCn1cccc1)CCCC1CO1. The van der Waals surface area contributed by atoms with Crippen molar-refractivity contribution in [3.63, 3.8) is 0 Å². The molecule has 2 heterocycles. The normalized spacial score (nSPS) is 20.1.